The minimum absolute atomic E-state index is 0.0167. The topological polar surface area (TPSA) is 105 Å². The van der Waals surface area contributed by atoms with E-state index < -0.39 is 34.3 Å². The Bertz CT molecular complexity index is 1120. The predicted molar refractivity (Wildman–Crippen MR) is 131 cm³/mol. The number of rotatable bonds is 12. The highest BCUT2D eigenvalue weighted by Crippen LogP contribution is 2.33. The molecule has 0 bridgehead atoms. The first kappa shape index (κ1) is 27.9. The Balaban J connectivity index is 2.43. The van der Waals surface area contributed by atoms with Crippen LogP contribution in [0.3, 0.4) is 0 Å². The van der Waals surface area contributed by atoms with Crippen molar-refractivity contribution >= 4 is 27.5 Å². The molecular weight excluding hydrogens is 477 g/mol. The first-order chi connectivity index (χ1) is 16.5. The van der Waals surface area contributed by atoms with Gasteiger partial charge in [0.1, 0.15) is 29.9 Å². The van der Waals surface area contributed by atoms with Gasteiger partial charge in [-0.1, -0.05) is 19.1 Å². The molecule has 9 nitrogen and oxygen atoms in total. The second-order valence-corrected chi connectivity index (χ2v) is 9.83. The van der Waals surface area contributed by atoms with Gasteiger partial charge in [-0.25, -0.2) is 12.8 Å². The average molecular weight is 510 g/mol. The van der Waals surface area contributed by atoms with Crippen LogP contribution in [0.25, 0.3) is 0 Å². The number of ether oxygens (including phenoxy) is 2. The number of carbonyl (C=O) groups is 2. The number of sulfonamides is 1. The van der Waals surface area contributed by atoms with Gasteiger partial charge in [0.05, 0.1) is 26.2 Å². The highest BCUT2D eigenvalue weighted by molar-refractivity contribution is 7.92. The van der Waals surface area contributed by atoms with E-state index in [4.69, 9.17) is 9.47 Å². The van der Waals surface area contributed by atoms with Crippen LogP contribution in [-0.4, -0.2) is 64.7 Å². The quantitative estimate of drug-likeness (QED) is 0.472. The third kappa shape index (κ3) is 7.57. The summed E-state index contributed by atoms with van der Waals surface area (Å²) in [5, 5.41) is 2.75. The normalized spacial score (nSPS) is 11.9. The molecule has 2 amide bonds. The molecule has 35 heavy (non-hydrogen) atoms. The lowest BCUT2D eigenvalue weighted by Gasteiger charge is -2.31. The minimum atomic E-state index is -3.92. The number of hydrogen-bond acceptors (Lipinski definition) is 6. The van der Waals surface area contributed by atoms with Gasteiger partial charge in [0.2, 0.25) is 21.8 Å². The molecule has 11 heteroatoms. The largest absolute Gasteiger partial charge is 0.497 e. The zero-order valence-electron chi connectivity index (χ0n) is 20.6. The van der Waals surface area contributed by atoms with E-state index in [9.17, 15) is 22.4 Å². The molecule has 2 rings (SSSR count). The van der Waals surface area contributed by atoms with E-state index >= 15 is 0 Å². The van der Waals surface area contributed by atoms with Crippen LogP contribution in [0.15, 0.2) is 42.5 Å². The molecule has 0 saturated heterocycles. The van der Waals surface area contributed by atoms with Gasteiger partial charge in [0, 0.05) is 19.2 Å². The van der Waals surface area contributed by atoms with E-state index in [0.29, 0.717) is 24.3 Å². The van der Waals surface area contributed by atoms with E-state index in [-0.39, 0.29) is 23.9 Å². The van der Waals surface area contributed by atoms with E-state index in [1.807, 2.05) is 6.92 Å². The molecule has 0 fully saturated rings. The summed E-state index contributed by atoms with van der Waals surface area (Å²) >= 11 is 0. The van der Waals surface area contributed by atoms with Crippen LogP contribution in [0.1, 0.15) is 25.8 Å². The van der Waals surface area contributed by atoms with Crippen LogP contribution in [0, 0.1) is 5.82 Å². The SMILES string of the molecule is CCCNC(=O)[C@@H](C)N(Cc1ccc(F)cc1)C(=O)CN(c1ccc(OC)cc1OC)S(C)(=O)=O. The standard InChI is InChI=1S/C24H32FN3O6S/c1-6-13-26-24(30)17(2)27(15-18-7-9-19(25)10-8-18)23(29)16-28(35(5,31)32)21-12-11-20(33-3)14-22(21)34-4/h7-12,14,17H,6,13,15-16H2,1-5H3,(H,26,30)/t17-/m1/s1. The van der Waals surface area contributed by atoms with Crippen LogP contribution in [0.2, 0.25) is 0 Å². The Morgan fingerprint density at radius 2 is 1.74 bits per heavy atom. The summed E-state index contributed by atoms with van der Waals surface area (Å²) in [5.41, 5.74) is 0.733. The van der Waals surface area contributed by atoms with Crippen LogP contribution in [0.4, 0.5) is 10.1 Å². The molecule has 2 aromatic rings. The fraction of sp³-hybridized carbons (Fsp3) is 0.417. The molecule has 2 aromatic carbocycles. The van der Waals surface area contributed by atoms with Crippen molar-refractivity contribution in [3.63, 3.8) is 0 Å². The number of carbonyl (C=O) groups excluding carboxylic acids is 2. The summed E-state index contributed by atoms with van der Waals surface area (Å²) in [6.45, 7) is 3.30. The van der Waals surface area contributed by atoms with Gasteiger partial charge in [-0.05, 0) is 43.2 Å². The second kappa shape index (κ2) is 12.4. The predicted octanol–water partition coefficient (Wildman–Crippen LogP) is 2.55. The van der Waals surface area contributed by atoms with Crippen LogP contribution < -0.4 is 19.1 Å². The summed E-state index contributed by atoms with van der Waals surface area (Å²) in [7, 11) is -1.08. The van der Waals surface area contributed by atoms with Gasteiger partial charge in [-0.3, -0.25) is 13.9 Å². The van der Waals surface area contributed by atoms with Gasteiger partial charge in [0.15, 0.2) is 0 Å². The smallest absolute Gasteiger partial charge is 0.244 e. The van der Waals surface area contributed by atoms with Crippen LogP contribution in [-0.2, 0) is 26.2 Å². The lowest BCUT2D eigenvalue weighted by molar-refractivity contribution is -0.139. The fourth-order valence-electron chi connectivity index (χ4n) is 3.35. The summed E-state index contributed by atoms with van der Waals surface area (Å²) in [4.78, 5) is 27.4. The number of methoxy groups -OCH3 is 2. The van der Waals surface area contributed by atoms with E-state index in [2.05, 4.69) is 5.32 Å². The van der Waals surface area contributed by atoms with Crippen molar-refractivity contribution in [3.8, 4) is 11.5 Å². The Kier molecular flexibility index (Phi) is 9.88. The molecule has 0 spiro atoms. The van der Waals surface area contributed by atoms with E-state index in [0.717, 1.165) is 10.6 Å². The van der Waals surface area contributed by atoms with E-state index in [1.54, 1.807) is 13.0 Å². The minimum Gasteiger partial charge on any atom is -0.497 e. The molecule has 0 heterocycles. The monoisotopic (exact) mass is 509 g/mol. The van der Waals surface area contributed by atoms with Gasteiger partial charge >= 0.3 is 0 Å². The highest BCUT2D eigenvalue weighted by atomic mass is 32.2. The molecule has 1 atom stereocenters. The fourth-order valence-corrected chi connectivity index (χ4v) is 4.20. The van der Waals surface area contributed by atoms with Gasteiger partial charge in [0.25, 0.3) is 0 Å². The molecule has 0 aliphatic rings. The maximum atomic E-state index is 13.5. The molecule has 0 aliphatic heterocycles. The maximum Gasteiger partial charge on any atom is 0.244 e. The molecule has 192 valence electrons. The van der Waals surface area contributed by atoms with Crippen molar-refractivity contribution in [3.05, 3.63) is 53.8 Å². The Morgan fingerprint density at radius 3 is 2.29 bits per heavy atom. The summed E-state index contributed by atoms with van der Waals surface area (Å²) in [6, 6.07) is 9.16. The zero-order valence-corrected chi connectivity index (χ0v) is 21.4. The molecular formula is C24H32FN3O6S. The van der Waals surface area contributed by atoms with Crippen molar-refractivity contribution < 1.29 is 31.9 Å². The third-order valence-corrected chi connectivity index (χ3v) is 6.44. The number of nitrogens with zero attached hydrogens (tertiary/aromatic N) is 2. The Morgan fingerprint density at radius 1 is 1.09 bits per heavy atom. The number of benzene rings is 2. The molecule has 1 N–H and O–H groups in total. The number of halogens is 1. The number of anilines is 1. The number of amides is 2. The van der Waals surface area contributed by atoms with Gasteiger partial charge in [-0.2, -0.15) is 0 Å². The maximum absolute atomic E-state index is 13.5. The first-order valence-corrected chi connectivity index (χ1v) is 12.9. The summed E-state index contributed by atoms with van der Waals surface area (Å²) < 4.78 is 50.2. The lowest BCUT2D eigenvalue weighted by Crippen LogP contribution is -2.51. The second-order valence-electron chi connectivity index (χ2n) is 7.92. The van der Waals surface area contributed by atoms with Crippen molar-refractivity contribution in [2.24, 2.45) is 0 Å². The number of hydrogen-bond donors (Lipinski definition) is 1. The Labute approximate surface area is 205 Å². The van der Waals surface area contributed by atoms with Gasteiger partial charge in [-0.15, -0.1) is 0 Å². The van der Waals surface area contributed by atoms with Crippen LogP contribution in [0.5, 0.6) is 11.5 Å². The third-order valence-electron chi connectivity index (χ3n) is 5.32. The zero-order chi connectivity index (χ0) is 26.2. The molecule has 0 unspecified atom stereocenters. The first-order valence-electron chi connectivity index (χ1n) is 11.0. The highest BCUT2D eigenvalue weighted by Gasteiger charge is 2.31. The Hall–Kier alpha value is -3.34. The van der Waals surface area contributed by atoms with Crippen molar-refractivity contribution in [2.75, 3.05) is 37.9 Å². The molecule has 0 aromatic heterocycles. The summed E-state index contributed by atoms with van der Waals surface area (Å²) in [5.74, 6) is -0.784. The lowest BCUT2D eigenvalue weighted by atomic mass is 10.1. The van der Waals surface area contributed by atoms with Crippen molar-refractivity contribution in [1.29, 1.82) is 0 Å². The molecule has 0 radical (unpaired) electrons. The number of nitrogens with one attached hydrogen (secondary N) is 1. The molecule has 0 aliphatic carbocycles. The van der Waals surface area contributed by atoms with Gasteiger partial charge < -0.3 is 19.7 Å². The van der Waals surface area contributed by atoms with Crippen molar-refractivity contribution in [1.82, 2.24) is 10.2 Å². The van der Waals surface area contributed by atoms with Crippen LogP contribution >= 0.6 is 0 Å². The van der Waals surface area contributed by atoms with E-state index in [1.165, 1.54) is 55.5 Å². The average Bonchev–Trinajstić information content (AvgIpc) is 2.83. The molecule has 0 saturated carbocycles. The summed E-state index contributed by atoms with van der Waals surface area (Å²) in [6.07, 6.45) is 1.69. The van der Waals surface area contributed by atoms with Crippen molar-refractivity contribution in [2.45, 2.75) is 32.9 Å².